The van der Waals surface area contributed by atoms with E-state index in [1.165, 1.54) is 83.5 Å². The molecule has 0 aliphatic heterocycles. The van der Waals surface area contributed by atoms with Gasteiger partial charge in [0.1, 0.15) is 6.10 Å². The van der Waals surface area contributed by atoms with Crippen LogP contribution in [0.25, 0.3) is 0 Å². The SMILES string of the molecule is CCCCCCC/C=C\C/C=C\CCCCCC(CCCCCCCC(=O)O)OC(=O)CCCCCCCCC. The molecule has 0 amide bonds. The minimum absolute atomic E-state index is 0.0167. The van der Waals surface area contributed by atoms with E-state index in [-0.39, 0.29) is 18.5 Å². The Hall–Kier alpha value is -1.58. The molecule has 1 N–H and O–H groups in total. The molecule has 0 aromatic carbocycles. The molecular formula is C36H66O4. The van der Waals surface area contributed by atoms with Crippen LogP contribution in [0.3, 0.4) is 0 Å². The molecule has 0 saturated carbocycles. The Labute approximate surface area is 248 Å². The van der Waals surface area contributed by atoms with Crippen molar-refractivity contribution in [1.82, 2.24) is 0 Å². The normalized spacial score (nSPS) is 12.4. The van der Waals surface area contributed by atoms with Gasteiger partial charge in [0.2, 0.25) is 0 Å². The predicted octanol–water partition coefficient (Wildman–Crippen LogP) is 11.7. The summed E-state index contributed by atoms with van der Waals surface area (Å²) in [7, 11) is 0. The number of ether oxygens (including phenoxy) is 1. The first-order valence-electron chi connectivity index (χ1n) is 17.3. The maximum absolute atomic E-state index is 12.5. The summed E-state index contributed by atoms with van der Waals surface area (Å²) in [6, 6.07) is 0. The summed E-state index contributed by atoms with van der Waals surface area (Å²) in [5.41, 5.74) is 0. The smallest absolute Gasteiger partial charge is 0.306 e. The van der Waals surface area contributed by atoms with Crippen molar-refractivity contribution in [2.45, 2.75) is 193 Å². The van der Waals surface area contributed by atoms with E-state index in [0.29, 0.717) is 6.42 Å². The number of carboxylic acid groups (broad SMARTS) is 1. The second-order valence-electron chi connectivity index (χ2n) is 11.7. The van der Waals surface area contributed by atoms with Gasteiger partial charge >= 0.3 is 11.9 Å². The lowest BCUT2D eigenvalue weighted by Crippen LogP contribution is -2.18. The minimum Gasteiger partial charge on any atom is -0.481 e. The highest BCUT2D eigenvalue weighted by Crippen LogP contribution is 2.18. The molecule has 0 saturated heterocycles. The molecule has 234 valence electrons. The lowest BCUT2D eigenvalue weighted by atomic mass is 10.0. The van der Waals surface area contributed by atoms with Gasteiger partial charge in [0, 0.05) is 12.8 Å². The van der Waals surface area contributed by atoms with Gasteiger partial charge in [-0.25, -0.2) is 0 Å². The zero-order valence-electron chi connectivity index (χ0n) is 26.7. The van der Waals surface area contributed by atoms with Crippen molar-refractivity contribution >= 4 is 11.9 Å². The molecule has 0 rings (SSSR count). The summed E-state index contributed by atoms with van der Waals surface area (Å²) >= 11 is 0. The molecule has 0 fully saturated rings. The fourth-order valence-electron chi connectivity index (χ4n) is 5.10. The zero-order chi connectivity index (χ0) is 29.4. The van der Waals surface area contributed by atoms with Gasteiger partial charge in [0.15, 0.2) is 0 Å². The molecule has 4 nitrogen and oxygen atoms in total. The maximum atomic E-state index is 12.5. The van der Waals surface area contributed by atoms with Crippen LogP contribution in [0.4, 0.5) is 0 Å². The van der Waals surface area contributed by atoms with Gasteiger partial charge in [-0.3, -0.25) is 9.59 Å². The highest BCUT2D eigenvalue weighted by molar-refractivity contribution is 5.69. The van der Waals surface area contributed by atoms with Gasteiger partial charge in [0.25, 0.3) is 0 Å². The van der Waals surface area contributed by atoms with Crippen LogP contribution in [0, 0.1) is 0 Å². The average Bonchev–Trinajstić information content (AvgIpc) is 2.93. The topological polar surface area (TPSA) is 63.6 Å². The summed E-state index contributed by atoms with van der Waals surface area (Å²) in [6.07, 6.45) is 39.0. The number of carbonyl (C=O) groups excluding carboxylic acids is 1. The minimum atomic E-state index is -0.705. The van der Waals surface area contributed by atoms with Crippen LogP contribution in [-0.4, -0.2) is 23.1 Å². The standard InChI is InChI=1S/C36H66O4/c1-3-5-7-9-11-12-13-14-15-16-17-18-20-22-26-30-34(31-27-23-21-24-28-32-35(37)38)40-36(39)33-29-25-19-10-8-6-4-2/h13-14,16-17,34H,3-12,15,18-33H2,1-2H3,(H,37,38)/b14-13-,17-16-. The quantitative estimate of drug-likeness (QED) is 0.0518. The first-order chi connectivity index (χ1) is 19.6. The second-order valence-corrected chi connectivity index (χ2v) is 11.7. The maximum Gasteiger partial charge on any atom is 0.306 e. The monoisotopic (exact) mass is 562 g/mol. The Kier molecular flexibility index (Phi) is 30.7. The number of aliphatic carboxylic acids is 1. The Morgan fingerprint density at radius 2 is 0.975 bits per heavy atom. The van der Waals surface area contributed by atoms with Crippen LogP contribution in [0.1, 0.15) is 187 Å². The number of rotatable bonds is 31. The summed E-state index contributed by atoms with van der Waals surface area (Å²) in [5, 5.41) is 8.77. The number of esters is 1. The molecular weight excluding hydrogens is 496 g/mol. The molecule has 0 spiro atoms. The van der Waals surface area contributed by atoms with E-state index in [1.807, 2.05) is 0 Å². The predicted molar refractivity (Wildman–Crippen MR) is 172 cm³/mol. The van der Waals surface area contributed by atoms with Crippen molar-refractivity contribution in [3.8, 4) is 0 Å². The number of carboxylic acids is 1. The first kappa shape index (κ1) is 38.4. The van der Waals surface area contributed by atoms with E-state index in [4.69, 9.17) is 9.84 Å². The molecule has 0 aliphatic carbocycles. The van der Waals surface area contributed by atoms with Gasteiger partial charge in [0.05, 0.1) is 0 Å². The fraction of sp³-hybridized carbons (Fsp3) is 0.833. The molecule has 0 aromatic rings. The van der Waals surface area contributed by atoms with Crippen LogP contribution < -0.4 is 0 Å². The lowest BCUT2D eigenvalue weighted by molar-refractivity contribution is -0.150. The number of carbonyl (C=O) groups is 2. The number of hydrogen-bond donors (Lipinski definition) is 1. The number of hydrogen-bond acceptors (Lipinski definition) is 3. The van der Waals surface area contributed by atoms with E-state index in [0.717, 1.165) is 77.0 Å². The second kappa shape index (κ2) is 31.9. The van der Waals surface area contributed by atoms with Gasteiger partial charge in [-0.2, -0.15) is 0 Å². The van der Waals surface area contributed by atoms with E-state index in [2.05, 4.69) is 38.2 Å². The fourth-order valence-corrected chi connectivity index (χ4v) is 5.10. The summed E-state index contributed by atoms with van der Waals surface area (Å²) in [6.45, 7) is 4.50. The summed E-state index contributed by atoms with van der Waals surface area (Å²) in [5.74, 6) is -0.722. The van der Waals surface area contributed by atoms with Gasteiger partial charge in [-0.15, -0.1) is 0 Å². The summed E-state index contributed by atoms with van der Waals surface area (Å²) in [4.78, 5) is 23.2. The third kappa shape index (κ3) is 31.0. The summed E-state index contributed by atoms with van der Waals surface area (Å²) < 4.78 is 5.94. The lowest BCUT2D eigenvalue weighted by Gasteiger charge is -2.18. The molecule has 0 bridgehead atoms. The molecule has 0 aromatic heterocycles. The van der Waals surface area contributed by atoms with Crippen molar-refractivity contribution in [2.24, 2.45) is 0 Å². The Morgan fingerprint density at radius 1 is 0.550 bits per heavy atom. The molecule has 4 heteroatoms. The van der Waals surface area contributed by atoms with Crippen LogP contribution in [0.15, 0.2) is 24.3 Å². The Balaban J connectivity index is 4.10. The van der Waals surface area contributed by atoms with Gasteiger partial charge < -0.3 is 9.84 Å². The van der Waals surface area contributed by atoms with E-state index < -0.39 is 5.97 Å². The van der Waals surface area contributed by atoms with Crippen LogP contribution in [0.2, 0.25) is 0 Å². The van der Waals surface area contributed by atoms with E-state index in [9.17, 15) is 9.59 Å². The van der Waals surface area contributed by atoms with E-state index >= 15 is 0 Å². The molecule has 40 heavy (non-hydrogen) atoms. The van der Waals surface area contributed by atoms with Crippen LogP contribution in [0.5, 0.6) is 0 Å². The van der Waals surface area contributed by atoms with E-state index in [1.54, 1.807) is 0 Å². The highest BCUT2D eigenvalue weighted by Gasteiger charge is 2.14. The number of unbranched alkanes of at least 4 members (excludes halogenated alkanes) is 18. The Morgan fingerprint density at radius 3 is 1.50 bits per heavy atom. The van der Waals surface area contributed by atoms with Crippen molar-refractivity contribution in [3.05, 3.63) is 24.3 Å². The Bertz CT molecular complexity index is 610. The third-order valence-corrected chi connectivity index (χ3v) is 7.68. The van der Waals surface area contributed by atoms with Crippen molar-refractivity contribution in [3.63, 3.8) is 0 Å². The van der Waals surface area contributed by atoms with Gasteiger partial charge in [-0.05, 0) is 70.6 Å². The van der Waals surface area contributed by atoms with Crippen LogP contribution in [-0.2, 0) is 14.3 Å². The van der Waals surface area contributed by atoms with Crippen LogP contribution >= 0.6 is 0 Å². The highest BCUT2D eigenvalue weighted by atomic mass is 16.5. The average molecular weight is 563 g/mol. The molecule has 1 atom stereocenters. The third-order valence-electron chi connectivity index (χ3n) is 7.68. The largest absolute Gasteiger partial charge is 0.481 e. The molecule has 1 unspecified atom stereocenters. The molecule has 0 heterocycles. The molecule has 0 radical (unpaired) electrons. The first-order valence-corrected chi connectivity index (χ1v) is 17.3. The number of allylic oxidation sites excluding steroid dienone is 4. The molecule has 0 aliphatic rings. The van der Waals surface area contributed by atoms with Crippen molar-refractivity contribution in [2.75, 3.05) is 0 Å². The zero-order valence-corrected chi connectivity index (χ0v) is 26.7. The van der Waals surface area contributed by atoms with Crippen molar-refractivity contribution < 1.29 is 19.4 Å². The van der Waals surface area contributed by atoms with Crippen molar-refractivity contribution in [1.29, 1.82) is 0 Å². The van der Waals surface area contributed by atoms with Gasteiger partial charge in [-0.1, -0.05) is 128 Å².